The lowest BCUT2D eigenvalue weighted by Crippen LogP contribution is -2.41. The highest BCUT2D eigenvalue weighted by Crippen LogP contribution is 2.45. The number of aryl methyl sites for hydroxylation is 2. The fourth-order valence-electron chi connectivity index (χ4n) is 6.09. The lowest BCUT2D eigenvalue weighted by atomic mass is 9.99. The van der Waals surface area contributed by atoms with Crippen molar-refractivity contribution < 1.29 is 24.2 Å². The summed E-state index contributed by atoms with van der Waals surface area (Å²) in [5.41, 5.74) is 6.53. The van der Waals surface area contributed by atoms with E-state index in [4.69, 9.17) is 9.40 Å². The first-order valence-corrected chi connectivity index (χ1v) is 15.3. The molecule has 0 atom stereocenters. The number of amides is 1. The number of nitrogens with zero attached hydrogens (tertiary/aromatic N) is 4. The van der Waals surface area contributed by atoms with Crippen molar-refractivity contribution in [3.05, 3.63) is 83.2 Å². The maximum Gasteiger partial charge on any atom is 0.345 e. The molecule has 10 heteroatoms. The van der Waals surface area contributed by atoms with Crippen molar-refractivity contribution in [3.63, 3.8) is 0 Å². The zero-order valence-electron chi connectivity index (χ0n) is 24.3. The second-order valence-electron chi connectivity index (χ2n) is 11.2. The van der Waals surface area contributed by atoms with Crippen LogP contribution in [0.4, 0.5) is 0 Å². The van der Waals surface area contributed by atoms with Gasteiger partial charge in [-0.15, -0.1) is 11.3 Å². The summed E-state index contributed by atoms with van der Waals surface area (Å²) in [7, 11) is 0. The minimum Gasteiger partial charge on any atom is -0.477 e. The first-order valence-electron chi connectivity index (χ1n) is 14.5. The Morgan fingerprint density at radius 1 is 0.977 bits per heavy atom. The van der Waals surface area contributed by atoms with Gasteiger partial charge in [0.1, 0.15) is 17.1 Å². The molecule has 2 N–H and O–H groups in total. The Balaban J connectivity index is 1.41. The molecule has 1 aliphatic heterocycles. The normalized spacial score (nSPS) is 14.1. The summed E-state index contributed by atoms with van der Waals surface area (Å²) in [6.07, 6.45) is 0.698. The van der Waals surface area contributed by atoms with Gasteiger partial charge in [-0.25, -0.2) is 14.8 Å². The van der Waals surface area contributed by atoms with E-state index in [9.17, 15) is 19.8 Å². The van der Waals surface area contributed by atoms with Crippen LogP contribution in [0.3, 0.4) is 0 Å². The number of benzene rings is 2. The quantitative estimate of drug-likeness (QED) is 0.221. The van der Waals surface area contributed by atoms with E-state index in [2.05, 4.69) is 11.1 Å². The molecule has 222 valence electrons. The van der Waals surface area contributed by atoms with Crippen LogP contribution < -0.4 is 0 Å². The molecule has 1 amide bonds. The highest BCUT2D eigenvalue weighted by Gasteiger charge is 2.28. The molecule has 1 aliphatic rings. The maximum absolute atomic E-state index is 13.7. The fraction of sp³-hybridized carbons (Fsp3) is 0.235. The smallest absolute Gasteiger partial charge is 0.345 e. The molecule has 1 saturated heterocycles. The predicted octanol–water partition coefficient (Wildman–Crippen LogP) is 6.54. The van der Waals surface area contributed by atoms with Crippen LogP contribution in [0.15, 0.2) is 71.1 Å². The van der Waals surface area contributed by atoms with Crippen LogP contribution in [-0.2, 0) is 11.3 Å². The molecule has 0 spiro atoms. The molecular weight excluding hydrogens is 576 g/mol. The number of fused-ring (bicyclic) bond motifs is 2. The molecule has 0 bridgehead atoms. The van der Waals surface area contributed by atoms with Gasteiger partial charge >= 0.3 is 5.97 Å². The van der Waals surface area contributed by atoms with Gasteiger partial charge in [0, 0.05) is 31.0 Å². The number of rotatable bonds is 6. The Bertz CT molecular complexity index is 2050. The van der Waals surface area contributed by atoms with Gasteiger partial charge < -0.3 is 24.1 Å². The Morgan fingerprint density at radius 2 is 1.75 bits per heavy atom. The number of carbonyl (C=O) groups is 2. The molecule has 9 nitrogen and oxygen atoms in total. The average Bonchev–Trinajstić information content (AvgIpc) is 3.69. The highest BCUT2D eigenvalue weighted by atomic mass is 32.1. The number of aliphatic hydroxyl groups is 1. The van der Waals surface area contributed by atoms with E-state index in [0.29, 0.717) is 48.8 Å². The molecule has 6 aromatic rings. The van der Waals surface area contributed by atoms with Gasteiger partial charge in [0.05, 0.1) is 33.2 Å². The summed E-state index contributed by atoms with van der Waals surface area (Å²) in [6.45, 7) is 4.73. The summed E-state index contributed by atoms with van der Waals surface area (Å²) < 4.78 is 8.57. The van der Waals surface area contributed by atoms with Gasteiger partial charge in [0.2, 0.25) is 5.91 Å². The number of aromatic carboxylic acids is 1. The van der Waals surface area contributed by atoms with E-state index in [1.54, 1.807) is 11.0 Å². The first kappa shape index (κ1) is 28.0. The molecule has 0 saturated carbocycles. The van der Waals surface area contributed by atoms with Crippen LogP contribution in [0.1, 0.15) is 34.1 Å². The number of oxazole rings is 1. The van der Waals surface area contributed by atoms with E-state index in [0.717, 1.165) is 43.7 Å². The molecular formula is C34H30N4O5S. The highest BCUT2D eigenvalue weighted by molar-refractivity contribution is 7.21. The first-order chi connectivity index (χ1) is 21.3. The number of carboxylic acids is 1. The molecule has 0 aliphatic carbocycles. The molecule has 7 rings (SSSR count). The number of hydrogen-bond acceptors (Lipinski definition) is 7. The van der Waals surface area contributed by atoms with Crippen molar-refractivity contribution >= 4 is 44.3 Å². The average molecular weight is 607 g/mol. The van der Waals surface area contributed by atoms with Crippen molar-refractivity contribution in [1.29, 1.82) is 0 Å². The lowest BCUT2D eigenvalue weighted by molar-refractivity contribution is -0.133. The van der Waals surface area contributed by atoms with Gasteiger partial charge in [-0.3, -0.25) is 4.79 Å². The molecule has 4 aromatic heterocycles. The van der Waals surface area contributed by atoms with Crippen molar-refractivity contribution in [2.75, 3.05) is 13.1 Å². The second-order valence-corrected chi connectivity index (χ2v) is 12.2. The fourth-order valence-corrected chi connectivity index (χ4v) is 7.15. The zero-order valence-corrected chi connectivity index (χ0v) is 25.1. The van der Waals surface area contributed by atoms with Gasteiger partial charge in [0.25, 0.3) is 0 Å². The van der Waals surface area contributed by atoms with Crippen molar-refractivity contribution in [2.45, 2.75) is 39.3 Å². The SMILES string of the molecule is Cc1nc(C)c(-c2ccc3cc(-c4c(-c5ccccc5)c5sc(C(=O)O)cc5n4CC(=O)N4CCC(O)CC4)ccc3n2)o1. The number of thiophene rings is 1. The second kappa shape index (κ2) is 11.0. The number of carbonyl (C=O) groups excluding carboxylic acids is 1. The third kappa shape index (κ3) is 4.95. The zero-order chi connectivity index (χ0) is 30.5. The van der Waals surface area contributed by atoms with Crippen molar-refractivity contribution in [1.82, 2.24) is 19.4 Å². The summed E-state index contributed by atoms with van der Waals surface area (Å²) in [6, 6.07) is 21.5. The Labute approximate surface area is 257 Å². The molecule has 0 radical (unpaired) electrons. The predicted molar refractivity (Wildman–Crippen MR) is 170 cm³/mol. The topological polar surface area (TPSA) is 122 Å². The van der Waals surface area contributed by atoms with Gasteiger partial charge in [-0.2, -0.15) is 0 Å². The Morgan fingerprint density at radius 3 is 2.45 bits per heavy atom. The number of likely N-dealkylation sites (tertiary alicyclic amines) is 1. The number of carboxylic acid groups (broad SMARTS) is 1. The number of aromatic nitrogens is 3. The maximum atomic E-state index is 13.7. The minimum absolute atomic E-state index is 0.0455. The van der Waals surface area contributed by atoms with Crippen LogP contribution in [-0.4, -0.2) is 60.7 Å². The van der Waals surface area contributed by atoms with E-state index in [1.807, 2.05) is 73.0 Å². The number of piperidine rings is 1. The van der Waals surface area contributed by atoms with Crippen LogP contribution in [0.5, 0.6) is 0 Å². The minimum atomic E-state index is -1.00. The lowest BCUT2D eigenvalue weighted by Gasteiger charge is -2.30. The van der Waals surface area contributed by atoms with Crippen LogP contribution in [0.2, 0.25) is 0 Å². The number of pyridine rings is 1. The summed E-state index contributed by atoms with van der Waals surface area (Å²) in [5.74, 6) is 0.166. The third-order valence-corrected chi connectivity index (χ3v) is 9.35. The third-order valence-electron chi connectivity index (χ3n) is 8.22. The standard InChI is InChI=1S/C34H30N4O5S/c1-19-32(43-20(2)35-19)26-11-8-22-16-23(9-10-25(22)36-26)31-30(21-6-4-3-5-7-21)33-27(17-28(44-33)34(41)42)38(31)18-29(40)37-14-12-24(39)13-15-37/h3-11,16-17,24,39H,12-15,18H2,1-2H3,(H,41,42). The molecule has 1 fully saturated rings. The summed E-state index contributed by atoms with van der Waals surface area (Å²) >= 11 is 1.22. The van der Waals surface area contributed by atoms with E-state index in [-0.39, 0.29) is 17.3 Å². The number of hydrogen-bond donors (Lipinski definition) is 2. The Kier molecular flexibility index (Phi) is 7.02. The van der Waals surface area contributed by atoms with Gasteiger partial charge in [0.15, 0.2) is 11.7 Å². The van der Waals surface area contributed by atoms with Crippen LogP contribution in [0, 0.1) is 13.8 Å². The molecule has 0 unspecified atom stereocenters. The molecule has 44 heavy (non-hydrogen) atoms. The Hall–Kier alpha value is -4.80. The van der Waals surface area contributed by atoms with E-state index < -0.39 is 12.1 Å². The van der Waals surface area contributed by atoms with Crippen molar-refractivity contribution in [3.8, 4) is 33.8 Å². The van der Waals surface area contributed by atoms with Gasteiger partial charge in [-0.1, -0.05) is 42.5 Å². The van der Waals surface area contributed by atoms with Crippen LogP contribution >= 0.6 is 11.3 Å². The number of aliphatic hydroxyl groups excluding tert-OH is 1. The monoisotopic (exact) mass is 606 g/mol. The summed E-state index contributed by atoms with van der Waals surface area (Å²) in [4.78, 5) is 37.0. The van der Waals surface area contributed by atoms with Crippen LogP contribution in [0.25, 0.3) is 55.0 Å². The van der Waals surface area contributed by atoms with Crippen molar-refractivity contribution in [2.24, 2.45) is 0 Å². The molecule has 5 heterocycles. The van der Waals surface area contributed by atoms with Gasteiger partial charge in [-0.05, 0) is 55.2 Å². The molecule has 2 aromatic carbocycles. The largest absolute Gasteiger partial charge is 0.477 e. The summed E-state index contributed by atoms with van der Waals surface area (Å²) in [5, 5.41) is 20.8. The van der Waals surface area contributed by atoms with E-state index in [1.165, 1.54) is 11.3 Å². The van der Waals surface area contributed by atoms with E-state index >= 15 is 0 Å².